The van der Waals surface area contributed by atoms with Crippen LogP contribution in [0, 0.1) is 12.7 Å². The van der Waals surface area contributed by atoms with E-state index in [1.165, 1.54) is 28.9 Å². The lowest BCUT2D eigenvalue weighted by Gasteiger charge is -2.10. The van der Waals surface area contributed by atoms with Crippen LogP contribution < -0.4 is 5.32 Å². The van der Waals surface area contributed by atoms with Crippen molar-refractivity contribution in [1.82, 2.24) is 15.1 Å². The second-order valence-electron chi connectivity index (χ2n) is 8.25. The summed E-state index contributed by atoms with van der Waals surface area (Å²) in [6.07, 6.45) is -3.96. The summed E-state index contributed by atoms with van der Waals surface area (Å²) in [7, 11) is 0. The highest BCUT2D eigenvalue weighted by Crippen LogP contribution is 2.31. The second kappa shape index (κ2) is 10.1. The van der Waals surface area contributed by atoms with Gasteiger partial charge in [-0.3, -0.25) is 4.79 Å². The van der Waals surface area contributed by atoms with E-state index in [0.717, 1.165) is 23.3 Å². The average Bonchev–Trinajstić information content (AvgIpc) is 3.25. The van der Waals surface area contributed by atoms with Crippen LogP contribution in [0.5, 0.6) is 0 Å². The molecule has 0 unspecified atom stereocenters. The Kier molecular flexibility index (Phi) is 7.00. The Bertz CT molecular complexity index is 1330. The molecule has 1 aromatic heterocycles. The number of hydrogen-bond acceptors (Lipinski definition) is 2. The highest BCUT2D eigenvalue weighted by atomic mass is 19.4. The van der Waals surface area contributed by atoms with E-state index < -0.39 is 17.6 Å². The molecule has 0 aliphatic rings. The van der Waals surface area contributed by atoms with Crippen molar-refractivity contribution in [3.8, 4) is 16.9 Å². The number of rotatable bonds is 7. The lowest BCUT2D eigenvalue weighted by molar-refractivity contribution is -0.137. The van der Waals surface area contributed by atoms with Crippen molar-refractivity contribution in [2.24, 2.45) is 0 Å². The Balaban J connectivity index is 1.53. The summed E-state index contributed by atoms with van der Waals surface area (Å²) in [5, 5.41) is 7.39. The van der Waals surface area contributed by atoms with Gasteiger partial charge in [0.1, 0.15) is 5.82 Å². The molecule has 0 aliphatic carbocycles. The van der Waals surface area contributed by atoms with Crippen molar-refractivity contribution in [3.63, 3.8) is 0 Å². The first kappa shape index (κ1) is 24.2. The monoisotopic (exact) mass is 481 g/mol. The zero-order chi connectivity index (χ0) is 25.0. The zero-order valence-electron chi connectivity index (χ0n) is 18.9. The first-order valence-corrected chi connectivity index (χ1v) is 11.0. The summed E-state index contributed by atoms with van der Waals surface area (Å²) in [5.74, 6) is -0.595. The van der Waals surface area contributed by atoms with E-state index in [2.05, 4.69) is 10.4 Å². The lowest BCUT2D eigenvalue weighted by atomic mass is 10.1. The maximum atomic E-state index is 13.9. The highest BCUT2D eigenvalue weighted by molar-refractivity contribution is 5.76. The first-order chi connectivity index (χ1) is 16.7. The number of aromatic nitrogens is 2. The fourth-order valence-corrected chi connectivity index (χ4v) is 3.75. The fourth-order valence-electron chi connectivity index (χ4n) is 3.75. The van der Waals surface area contributed by atoms with Gasteiger partial charge in [0.2, 0.25) is 5.91 Å². The van der Waals surface area contributed by atoms with E-state index in [9.17, 15) is 22.4 Å². The summed E-state index contributed by atoms with van der Waals surface area (Å²) in [4.78, 5) is 12.4. The van der Waals surface area contributed by atoms with E-state index in [4.69, 9.17) is 0 Å². The van der Waals surface area contributed by atoms with Gasteiger partial charge in [-0.2, -0.15) is 18.3 Å². The predicted octanol–water partition coefficient (Wildman–Crippen LogP) is 6.25. The number of halogens is 4. The second-order valence-corrected chi connectivity index (χ2v) is 8.25. The lowest BCUT2D eigenvalue weighted by Crippen LogP contribution is -2.23. The summed E-state index contributed by atoms with van der Waals surface area (Å²) < 4.78 is 54.3. The molecule has 0 bridgehead atoms. The van der Waals surface area contributed by atoms with Crippen LogP contribution in [-0.2, 0) is 23.9 Å². The number of benzene rings is 3. The van der Waals surface area contributed by atoms with Gasteiger partial charge < -0.3 is 5.32 Å². The van der Waals surface area contributed by atoms with Crippen LogP contribution in [0.4, 0.5) is 17.6 Å². The van der Waals surface area contributed by atoms with Crippen LogP contribution in [0.15, 0.2) is 78.9 Å². The number of aryl methyl sites for hydroxylation is 2. The molecule has 0 radical (unpaired) electrons. The number of carbonyl (C=O) groups is 1. The minimum Gasteiger partial charge on any atom is -0.352 e. The Hall–Kier alpha value is -3.94. The SMILES string of the molecule is Cc1cccc(CNC(=O)CCc2cc(-c3cccc(F)c3)n(-c3ccc(C(F)(F)F)cc3)n2)c1. The minimum absolute atomic E-state index is 0.150. The molecular weight excluding hydrogens is 458 g/mol. The average molecular weight is 481 g/mol. The van der Waals surface area contributed by atoms with Crippen molar-refractivity contribution in [2.75, 3.05) is 0 Å². The quantitative estimate of drug-likeness (QED) is 0.317. The largest absolute Gasteiger partial charge is 0.416 e. The van der Waals surface area contributed by atoms with Gasteiger partial charge >= 0.3 is 6.18 Å². The van der Waals surface area contributed by atoms with Gasteiger partial charge in [-0.05, 0) is 55.0 Å². The molecular formula is C27H23F4N3O. The van der Waals surface area contributed by atoms with Gasteiger partial charge in [0.05, 0.1) is 22.6 Å². The van der Waals surface area contributed by atoms with E-state index in [1.54, 1.807) is 18.2 Å². The smallest absolute Gasteiger partial charge is 0.352 e. The number of nitrogens with zero attached hydrogens (tertiary/aromatic N) is 2. The number of alkyl halides is 3. The third-order valence-corrected chi connectivity index (χ3v) is 5.50. The van der Waals surface area contributed by atoms with Crippen LogP contribution in [0.3, 0.4) is 0 Å². The molecule has 4 nitrogen and oxygen atoms in total. The van der Waals surface area contributed by atoms with Gasteiger partial charge in [-0.25, -0.2) is 9.07 Å². The summed E-state index contributed by atoms with van der Waals surface area (Å²) in [5.41, 5.74) is 3.33. The molecule has 0 saturated carbocycles. The van der Waals surface area contributed by atoms with E-state index in [1.807, 2.05) is 31.2 Å². The molecule has 0 fully saturated rings. The predicted molar refractivity (Wildman–Crippen MR) is 125 cm³/mol. The molecule has 1 N–H and O–H groups in total. The van der Waals surface area contributed by atoms with Crippen molar-refractivity contribution >= 4 is 5.91 Å². The molecule has 35 heavy (non-hydrogen) atoms. The standard InChI is InChI=1S/C27H23F4N3O/c1-18-4-2-5-19(14-18)17-32-26(35)13-10-23-16-25(20-6-3-7-22(28)15-20)34(33-23)24-11-8-21(9-12-24)27(29,30)31/h2-9,11-12,14-16H,10,13,17H2,1H3,(H,32,35). The summed E-state index contributed by atoms with van der Waals surface area (Å²) >= 11 is 0. The van der Waals surface area contributed by atoms with Crippen molar-refractivity contribution in [1.29, 1.82) is 0 Å². The van der Waals surface area contributed by atoms with Crippen LogP contribution in [-0.4, -0.2) is 15.7 Å². The maximum absolute atomic E-state index is 13.9. The molecule has 4 aromatic rings. The van der Waals surface area contributed by atoms with Crippen LogP contribution in [0.25, 0.3) is 16.9 Å². The van der Waals surface area contributed by atoms with Gasteiger partial charge in [-0.1, -0.05) is 42.0 Å². The Morgan fingerprint density at radius 2 is 1.71 bits per heavy atom. The molecule has 1 heterocycles. The molecule has 0 spiro atoms. The first-order valence-electron chi connectivity index (χ1n) is 11.0. The number of carbonyl (C=O) groups excluding carboxylic acids is 1. The molecule has 180 valence electrons. The molecule has 4 rings (SSSR count). The van der Waals surface area contributed by atoms with E-state index in [-0.39, 0.29) is 12.3 Å². The molecule has 8 heteroatoms. The summed E-state index contributed by atoms with van der Waals surface area (Å²) in [6.45, 7) is 2.39. The van der Waals surface area contributed by atoms with E-state index in [0.29, 0.717) is 35.6 Å². The van der Waals surface area contributed by atoms with Crippen LogP contribution >= 0.6 is 0 Å². The maximum Gasteiger partial charge on any atom is 0.416 e. The normalized spacial score (nSPS) is 11.5. The Labute approximate surface area is 200 Å². The third kappa shape index (κ3) is 6.15. The Morgan fingerprint density at radius 1 is 0.971 bits per heavy atom. The molecule has 0 atom stereocenters. The van der Waals surface area contributed by atoms with E-state index >= 15 is 0 Å². The van der Waals surface area contributed by atoms with Crippen molar-refractivity contribution < 1.29 is 22.4 Å². The van der Waals surface area contributed by atoms with Gasteiger partial charge in [0, 0.05) is 24.9 Å². The van der Waals surface area contributed by atoms with Crippen molar-refractivity contribution in [2.45, 2.75) is 32.5 Å². The van der Waals surface area contributed by atoms with Gasteiger partial charge in [0.25, 0.3) is 0 Å². The Morgan fingerprint density at radius 3 is 2.40 bits per heavy atom. The fraction of sp³-hybridized carbons (Fsp3) is 0.185. The topological polar surface area (TPSA) is 46.9 Å². The van der Waals surface area contributed by atoms with Crippen LogP contribution in [0.1, 0.15) is 28.8 Å². The van der Waals surface area contributed by atoms with Crippen molar-refractivity contribution in [3.05, 3.63) is 107 Å². The molecule has 1 amide bonds. The van der Waals surface area contributed by atoms with Crippen LogP contribution in [0.2, 0.25) is 0 Å². The van der Waals surface area contributed by atoms with Gasteiger partial charge in [-0.15, -0.1) is 0 Å². The molecule has 0 saturated heterocycles. The third-order valence-electron chi connectivity index (χ3n) is 5.50. The number of amides is 1. The molecule has 3 aromatic carbocycles. The van der Waals surface area contributed by atoms with Gasteiger partial charge in [0.15, 0.2) is 0 Å². The number of nitrogens with one attached hydrogen (secondary N) is 1. The highest BCUT2D eigenvalue weighted by Gasteiger charge is 2.30. The molecule has 0 aliphatic heterocycles. The summed E-state index contributed by atoms with van der Waals surface area (Å²) in [6, 6.07) is 20.0. The zero-order valence-corrected chi connectivity index (χ0v) is 18.9. The number of hydrogen-bond donors (Lipinski definition) is 1. The minimum atomic E-state index is -4.45.